The van der Waals surface area contributed by atoms with E-state index in [2.05, 4.69) is 20.1 Å². The lowest BCUT2D eigenvalue weighted by atomic mass is 10.0. The van der Waals surface area contributed by atoms with Crippen LogP contribution in [-0.2, 0) is 7.05 Å². The van der Waals surface area contributed by atoms with Gasteiger partial charge in [0.2, 0.25) is 5.88 Å². The summed E-state index contributed by atoms with van der Waals surface area (Å²) in [6.07, 6.45) is -3.65. The first-order chi connectivity index (χ1) is 20.3. The fourth-order valence-electron chi connectivity index (χ4n) is 3.86. The zero-order valence-electron chi connectivity index (χ0n) is 25.9. The van der Waals surface area contributed by atoms with Gasteiger partial charge in [-0.3, -0.25) is 14.3 Å². The number of aryl methyl sites for hydroxylation is 1. The molecule has 2 amide bonds. The highest BCUT2D eigenvalue weighted by Gasteiger charge is 2.31. The largest absolute Gasteiger partial charge is 0.573 e. The highest BCUT2D eigenvalue weighted by molar-refractivity contribution is 6.05. The third kappa shape index (κ3) is 5.53. The molecule has 38 heavy (non-hydrogen) atoms. The first-order valence-electron chi connectivity index (χ1n) is 13.9. The topological polar surface area (TPSA) is 107 Å². The number of fused-ring (bicyclic) bond motifs is 1. The van der Waals surface area contributed by atoms with Gasteiger partial charge in [-0.15, -0.1) is 13.2 Å². The molecule has 0 saturated heterocycles. The van der Waals surface area contributed by atoms with Crippen LogP contribution in [0.1, 0.15) is 47.6 Å². The van der Waals surface area contributed by atoms with Gasteiger partial charge < -0.3 is 20.1 Å². The van der Waals surface area contributed by atoms with Crippen LogP contribution < -0.4 is 20.1 Å². The highest BCUT2D eigenvalue weighted by atomic mass is 19.4. The molecule has 0 bridgehead atoms. The number of benzene rings is 2. The number of hydrogen-bond acceptors (Lipinski definition) is 6. The SMILES string of the molecule is [2H]C([2H])([2H])NC(=O)c1nn(C)c2cc(-c3cnc(OC([2H])([2H])[2H])c(C(=O)N[C@@H](C)c4cccc(OC(F)(F)F)c4)c3)ccc12. The van der Waals surface area contributed by atoms with E-state index < -0.39 is 49.9 Å². The Morgan fingerprint density at radius 3 is 2.66 bits per heavy atom. The summed E-state index contributed by atoms with van der Waals surface area (Å²) in [7, 11) is -1.42. The monoisotopic (exact) mass is 533 g/mol. The molecular weight excluding hydrogens is 503 g/mol. The summed E-state index contributed by atoms with van der Waals surface area (Å²) < 4.78 is 92.4. The van der Waals surface area contributed by atoms with Crippen LogP contribution in [0.4, 0.5) is 13.2 Å². The Morgan fingerprint density at radius 1 is 1.11 bits per heavy atom. The van der Waals surface area contributed by atoms with E-state index in [1.54, 1.807) is 19.2 Å². The molecule has 2 heterocycles. The maximum Gasteiger partial charge on any atom is 0.573 e. The summed E-state index contributed by atoms with van der Waals surface area (Å²) in [6.45, 7) is -1.22. The molecule has 4 rings (SSSR count). The van der Waals surface area contributed by atoms with Crippen molar-refractivity contribution in [1.82, 2.24) is 25.4 Å². The molecule has 0 saturated carbocycles. The minimum atomic E-state index is -4.91. The van der Waals surface area contributed by atoms with Crippen molar-refractivity contribution in [3.05, 3.63) is 71.5 Å². The number of halogens is 3. The van der Waals surface area contributed by atoms with E-state index in [-0.39, 0.29) is 16.8 Å². The van der Waals surface area contributed by atoms with Gasteiger partial charge >= 0.3 is 6.36 Å². The van der Waals surface area contributed by atoms with Gasteiger partial charge in [-0.2, -0.15) is 5.10 Å². The molecule has 9 nitrogen and oxygen atoms in total. The van der Waals surface area contributed by atoms with Crippen LogP contribution in [0.2, 0.25) is 0 Å². The van der Waals surface area contributed by atoms with Crippen molar-refractivity contribution in [2.75, 3.05) is 14.0 Å². The Labute approximate surface area is 224 Å². The van der Waals surface area contributed by atoms with Gasteiger partial charge in [0.1, 0.15) is 11.3 Å². The Bertz CT molecular complexity index is 1720. The molecule has 2 aromatic carbocycles. The quantitative estimate of drug-likeness (QED) is 0.365. The molecule has 0 unspecified atom stereocenters. The molecule has 0 aliphatic rings. The number of methoxy groups -OCH3 is 1. The van der Waals surface area contributed by atoms with E-state index in [0.717, 1.165) is 12.1 Å². The normalized spacial score (nSPS) is 15.2. The summed E-state index contributed by atoms with van der Waals surface area (Å²) in [6, 6.07) is 10.1. The van der Waals surface area contributed by atoms with Gasteiger partial charge in [-0.05, 0) is 48.4 Å². The van der Waals surface area contributed by atoms with E-state index in [1.807, 2.05) is 5.32 Å². The molecule has 1 atom stereocenters. The van der Waals surface area contributed by atoms with E-state index in [4.69, 9.17) is 13.0 Å². The van der Waals surface area contributed by atoms with Crippen LogP contribution in [0.25, 0.3) is 22.0 Å². The fourth-order valence-corrected chi connectivity index (χ4v) is 3.86. The van der Waals surface area contributed by atoms with Crippen molar-refractivity contribution in [3.63, 3.8) is 0 Å². The lowest BCUT2D eigenvalue weighted by Crippen LogP contribution is -2.27. The first kappa shape index (κ1) is 19.5. The molecular formula is C26H24F3N5O4. The summed E-state index contributed by atoms with van der Waals surface area (Å²) in [5, 5.41) is 8.94. The van der Waals surface area contributed by atoms with Gasteiger partial charge in [0.05, 0.1) is 22.7 Å². The van der Waals surface area contributed by atoms with Crippen LogP contribution >= 0.6 is 0 Å². The molecule has 0 spiro atoms. The van der Waals surface area contributed by atoms with Crippen molar-refractivity contribution in [2.24, 2.45) is 7.05 Å². The Balaban J connectivity index is 1.68. The number of carbonyl (C=O) groups excluding carboxylic acids is 2. The fraction of sp³-hybridized carbons (Fsp3) is 0.231. The number of aromatic nitrogens is 3. The van der Waals surface area contributed by atoms with E-state index >= 15 is 0 Å². The van der Waals surface area contributed by atoms with Gasteiger partial charge in [-0.1, -0.05) is 18.2 Å². The number of alkyl halides is 3. The molecule has 0 aliphatic heterocycles. The molecule has 0 fully saturated rings. The van der Waals surface area contributed by atoms with Gasteiger partial charge in [0.15, 0.2) is 5.69 Å². The molecule has 12 heteroatoms. The zero-order chi connectivity index (χ0) is 32.6. The van der Waals surface area contributed by atoms with Gasteiger partial charge in [-0.25, -0.2) is 4.98 Å². The molecule has 198 valence electrons. The zero-order valence-corrected chi connectivity index (χ0v) is 19.9. The lowest BCUT2D eigenvalue weighted by molar-refractivity contribution is -0.274. The maximum absolute atomic E-state index is 13.4. The second-order valence-electron chi connectivity index (χ2n) is 8.15. The number of hydrogen-bond donors (Lipinski definition) is 2. The Kier molecular flexibility index (Phi) is 5.34. The van der Waals surface area contributed by atoms with Crippen LogP contribution in [0.5, 0.6) is 11.6 Å². The van der Waals surface area contributed by atoms with Crippen molar-refractivity contribution < 1.29 is 40.5 Å². The summed E-state index contributed by atoms with van der Waals surface area (Å²) in [5.41, 5.74) is 1.09. The van der Waals surface area contributed by atoms with Crippen LogP contribution in [-0.4, -0.2) is 47.0 Å². The van der Waals surface area contributed by atoms with Crippen molar-refractivity contribution in [2.45, 2.75) is 19.3 Å². The third-order valence-electron chi connectivity index (χ3n) is 5.65. The number of amides is 2. The van der Waals surface area contributed by atoms with Crippen LogP contribution in [0.15, 0.2) is 54.7 Å². The first-order valence-corrected chi connectivity index (χ1v) is 10.9. The lowest BCUT2D eigenvalue weighted by Gasteiger charge is -2.17. The molecule has 0 aliphatic carbocycles. The van der Waals surface area contributed by atoms with E-state index in [9.17, 15) is 22.8 Å². The van der Waals surface area contributed by atoms with Crippen molar-refractivity contribution in [1.29, 1.82) is 0 Å². The Morgan fingerprint density at radius 2 is 1.92 bits per heavy atom. The minimum absolute atomic E-state index is 0.122. The number of nitrogens with zero attached hydrogens (tertiary/aromatic N) is 3. The van der Waals surface area contributed by atoms with E-state index in [1.165, 1.54) is 42.1 Å². The van der Waals surface area contributed by atoms with E-state index in [0.29, 0.717) is 22.0 Å². The van der Waals surface area contributed by atoms with Crippen LogP contribution in [0, 0.1) is 0 Å². The maximum atomic E-state index is 13.4. The number of nitrogens with one attached hydrogen (secondary N) is 2. The predicted octanol–water partition coefficient (Wildman–Crippen LogP) is 4.39. The van der Waals surface area contributed by atoms with Crippen LogP contribution in [0.3, 0.4) is 0 Å². The molecule has 2 N–H and O–H groups in total. The number of ether oxygens (including phenoxy) is 2. The second-order valence-corrected chi connectivity index (χ2v) is 8.15. The van der Waals surface area contributed by atoms with Crippen molar-refractivity contribution in [3.8, 4) is 22.8 Å². The number of pyridine rings is 1. The Hall–Kier alpha value is -4.61. The second kappa shape index (κ2) is 10.4. The molecule has 0 radical (unpaired) electrons. The average Bonchev–Trinajstić information content (AvgIpc) is 3.22. The standard InChI is InChI=1S/C26H24F3N5O4/c1-14(15-6-5-7-18(10-15)38-26(27,28)29)32-23(35)20-11-17(13-31-25(20)37-4)16-8-9-19-21(12-16)34(3)33-22(19)24(36)30-2/h5-14H,1-4H3,(H,30,36)(H,32,35)/t14-/m0/s1/i2D3,4D3. The molecule has 4 aromatic rings. The average molecular weight is 534 g/mol. The van der Waals surface area contributed by atoms with Gasteiger partial charge in [0, 0.05) is 35.3 Å². The minimum Gasteiger partial charge on any atom is -0.480 e. The third-order valence-corrected chi connectivity index (χ3v) is 5.65. The number of carbonyl (C=O) groups is 2. The number of rotatable bonds is 7. The molecule has 2 aromatic heterocycles. The summed E-state index contributed by atoms with van der Waals surface area (Å²) in [4.78, 5) is 29.9. The smallest absolute Gasteiger partial charge is 0.480 e. The predicted molar refractivity (Wildman–Crippen MR) is 133 cm³/mol. The highest BCUT2D eigenvalue weighted by Crippen LogP contribution is 2.30. The van der Waals surface area contributed by atoms with Crippen molar-refractivity contribution >= 4 is 22.7 Å². The summed E-state index contributed by atoms with van der Waals surface area (Å²) >= 11 is 0. The van der Waals surface area contributed by atoms with Gasteiger partial charge in [0.25, 0.3) is 11.8 Å². The summed E-state index contributed by atoms with van der Waals surface area (Å²) in [5.74, 6) is -2.74.